The highest BCUT2D eigenvalue weighted by Crippen LogP contribution is 2.18. The lowest BCUT2D eigenvalue weighted by Crippen LogP contribution is -2.48. The van der Waals surface area contributed by atoms with Crippen LogP contribution in [0.2, 0.25) is 0 Å². The summed E-state index contributed by atoms with van der Waals surface area (Å²) in [5.41, 5.74) is 0. The number of benzene rings is 1. The zero-order chi connectivity index (χ0) is 18.2. The van der Waals surface area contributed by atoms with Crippen molar-refractivity contribution in [1.29, 1.82) is 0 Å². The van der Waals surface area contributed by atoms with Crippen LogP contribution < -0.4 is 14.8 Å². The average Bonchev–Trinajstić information content (AvgIpc) is 2.61. The molecular formula is C18H25ClN2O4. The Morgan fingerprint density at radius 2 is 1.76 bits per heavy atom. The molecule has 7 heteroatoms. The summed E-state index contributed by atoms with van der Waals surface area (Å²) in [4.78, 5) is 25.6. The Morgan fingerprint density at radius 1 is 1.20 bits per heavy atom. The second-order valence-corrected chi connectivity index (χ2v) is 6.63. The highest BCUT2D eigenvalue weighted by atomic mass is 35.5. The third-order valence-electron chi connectivity index (χ3n) is 4.05. The van der Waals surface area contributed by atoms with Crippen LogP contribution in [0.4, 0.5) is 0 Å². The topological polar surface area (TPSA) is 67.9 Å². The molecule has 0 saturated carbocycles. The van der Waals surface area contributed by atoms with Crippen LogP contribution in [0.3, 0.4) is 0 Å². The number of hydrogen-bond acceptors (Lipinski definition) is 4. The number of amides is 2. The minimum Gasteiger partial charge on any atom is -0.494 e. The molecule has 6 nitrogen and oxygen atoms in total. The Morgan fingerprint density at radius 3 is 2.28 bits per heavy atom. The molecule has 0 bridgehead atoms. The first-order valence-electron chi connectivity index (χ1n) is 8.57. The summed E-state index contributed by atoms with van der Waals surface area (Å²) in [5, 5.41) is 2.36. The lowest BCUT2D eigenvalue weighted by molar-refractivity contribution is -0.134. The summed E-state index contributed by atoms with van der Waals surface area (Å²) in [5.74, 6) is 1.20. The van der Waals surface area contributed by atoms with Gasteiger partial charge < -0.3 is 19.7 Å². The van der Waals surface area contributed by atoms with Crippen molar-refractivity contribution in [2.45, 2.75) is 38.1 Å². The van der Waals surface area contributed by atoms with Crippen molar-refractivity contribution in [3.05, 3.63) is 24.3 Å². The summed E-state index contributed by atoms with van der Waals surface area (Å²) < 4.78 is 10.9. The van der Waals surface area contributed by atoms with E-state index in [4.69, 9.17) is 21.1 Å². The summed E-state index contributed by atoms with van der Waals surface area (Å²) in [7, 11) is 0. The molecule has 1 N–H and O–H groups in total. The molecule has 25 heavy (non-hydrogen) atoms. The Bertz CT molecular complexity index is 569. The number of carbonyl (C=O) groups excluding carboxylic acids is 2. The maximum absolute atomic E-state index is 12.2. The van der Waals surface area contributed by atoms with Gasteiger partial charge in [0.2, 0.25) is 5.91 Å². The molecule has 1 aromatic carbocycles. The highest BCUT2D eigenvalue weighted by molar-refractivity contribution is 6.30. The minimum atomic E-state index is -0.540. The van der Waals surface area contributed by atoms with Crippen molar-refractivity contribution >= 4 is 23.4 Å². The molecule has 0 radical (unpaired) electrons. The van der Waals surface area contributed by atoms with Gasteiger partial charge in [-0.15, -0.1) is 11.6 Å². The van der Waals surface area contributed by atoms with E-state index >= 15 is 0 Å². The standard InChI is InChI=1S/C18H25ClN2O4/c1-3-24-15-4-6-16(7-5-15)25-12-17(22)21-10-8-14(9-11-21)20-18(23)13(2)19/h4-7,13-14H,3,8-12H2,1-2H3,(H,20,23). The second-order valence-electron chi connectivity index (χ2n) is 5.97. The number of likely N-dealkylation sites (tertiary alicyclic amines) is 1. The van der Waals surface area contributed by atoms with Gasteiger partial charge in [-0.05, 0) is 51.0 Å². The Labute approximate surface area is 153 Å². The monoisotopic (exact) mass is 368 g/mol. The zero-order valence-corrected chi connectivity index (χ0v) is 15.4. The summed E-state index contributed by atoms with van der Waals surface area (Å²) >= 11 is 5.75. The van der Waals surface area contributed by atoms with Crippen molar-refractivity contribution in [3.63, 3.8) is 0 Å². The van der Waals surface area contributed by atoms with Gasteiger partial charge in [-0.3, -0.25) is 9.59 Å². The van der Waals surface area contributed by atoms with Crippen LogP contribution in [0.5, 0.6) is 11.5 Å². The van der Waals surface area contributed by atoms with E-state index in [0.717, 1.165) is 18.6 Å². The predicted octanol–water partition coefficient (Wildman–Crippen LogP) is 2.20. The van der Waals surface area contributed by atoms with Crippen LogP contribution in [0.1, 0.15) is 26.7 Å². The van der Waals surface area contributed by atoms with E-state index in [1.807, 2.05) is 19.1 Å². The van der Waals surface area contributed by atoms with Gasteiger partial charge in [0, 0.05) is 19.1 Å². The van der Waals surface area contributed by atoms with Gasteiger partial charge in [0.15, 0.2) is 6.61 Å². The van der Waals surface area contributed by atoms with E-state index < -0.39 is 5.38 Å². The number of halogens is 1. The number of alkyl halides is 1. The fourth-order valence-electron chi connectivity index (χ4n) is 2.62. The van der Waals surface area contributed by atoms with Gasteiger partial charge in [0.05, 0.1) is 6.61 Å². The van der Waals surface area contributed by atoms with E-state index in [0.29, 0.717) is 25.4 Å². The molecule has 1 aliphatic rings. The molecule has 0 aliphatic carbocycles. The summed E-state index contributed by atoms with van der Waals surface area (Å²) in [6.45, 7) is 5.39. The van der Waals surface area contributed by atoms with E-state index in [9.17, 15) is 9.59 Å². The van der Waals surface area contributed by atoms with Crippen LogP contribution in [0.15, 0.2) is 24.3 Å². The fraction of sp³-hybridized carbons (Fsp3) is 0.556. The van der Waals surface area contributed by atoms with Crippen molar-refractivity contribution < 1.29 is 19.1 Å². The molecule has 2 amide bonds. The normalized spacial score (nSPS) is 16.2. The van der Waals surface area contributed by atoms with Gasteiger partial charge in [-0.2, -0.15) is 0 Å². The van der Waals surface area contributed by atoms with Crippen LogP contribution in [0, 0.1) is 0 Å². The van der Waals surface area contributed by atoms with Crippen LogP contribution >= 0.6 is 11.6 Å². The molecule has 1 heterocycles. The van der Waals surface area contributed by atoms with Gasteiger partial charge in [0.1, 0.15) is 16.9 Å². The SMILES string of the molecule is CCOc1ccc(OCC(=O)N2CCC(NC(=O)C(C)Cl)CC2)cc1. The molecule has 138 valence electrons. The number of hydrogen-bond donors (Lipinski definition) is 1. The van der Waals surface area contributed by atoms with Gasteiger partial charge >= 0.3 is 0 Å². The highest BCUT2D eigenvalue weighted by Gasteiger charge is 2.24. The first kappa shape index (κ1) is 19.4. The number of rotatable bonds is 7. The quantitative estimate of drug-likeness (QED) is 0.749. The second kappa shape index (κ2) is 9.51. The van der Waals surface area contributed by atoms with E-state index in [1.54, 1.807) is 24.0 Å². The van der Waals surface area contributed by atoms with Crippen molar-refractivity contribution in [2.24, 2.45) is 0 Å². The summed E-state index contributed by atoms with van der Waals surface area (Å²) in [6, 6.07) is 7.27. The van der Waals surface area contributed by atoms with Crippen LogP contribution in [0.25, 0.3) is 0 Å². The van der Waals surface area contributed by atoms with E-state index in [2.05, 4.69) is 5.32 Å². The van der Waals surface area contributed by atoms with Crippen LogP contribution in [-0.2, 0) is 9.59 Å². The summed E-state index contributed by atoms with van der Waals surface area (Å²) in [6.07, 6.45) is 1.45. The maximum atomic E-state index is 12.2. The smallest absolute Gasteiger partial charge is 0.260 e. The molecule has 1 aromatic rings. The van der Waals surface area contributed by atoms with Gasteiger partial charge in [-0.25, -0.2) is 0 Å². The average molecular weight is 369 g/mol. The molecule has 1 aliphatic heterocycles. The fourth-order valence-corrected chi connectivity index (χ4v) is 2.69. The van der Waals surface area contributed by atoms with Crippen molar-refractivity contribution in [2.75, 3.05) is 26.3 Å². The van der Waals surface area contributed by atoms with E-state index in [-0.39, 0.29) is 24.5 Å². The molecule has 1 unspecified atom stereocenters. The van der Waals surface area contributed by atoms with Gasteiger partial charge in [-0.1, -0.05) is 0 Å². The molecule has 0 spiro atoms. The molecule has 1 atom stereocenters. The minimum absolute atomic E-state index is 0.00369. The Balaban J connectivity index is 1.72. The first-order chi connectivity index (χ1) is 12.0. The number of carbonyl (C=O) groups is 2. The lowest BCUT2D eigenvalue weighted by Gasteiger charge is -2.32. The zero-order valence-electron chi connectivity index (χ0n) is 14.7. The molecule has 2 rings (SSSR count). The molecule has 1 fully saturated rings. The molecule has 1 saturated heterocycles. The number of ether oxygens (including phenoxy) is 2. The molecule has 0 aromatic heterocycles. The Kier molecular flexibility index (Phi) is 7.37. The third kappa shape index (κ3) is 6.12. The van der Waals surface area contributed by atoms with E-state index in [1.165, 1.54) is 0 Å². The van der Waals surface area contributed by atoms with Gasteiger partial charge in [0.25, 0.3) is 5.91 Å². The van der Waals surface area contributed by atoms with Crippen molar-refractivity contribution in [1.82, 2.24) is 10.2 Å². The Hall–Kier alpha value is -1.95. The largest absolute Gasteiger partial charge is 0.494 e. The molecular weight excluding hydrogens is 344 g/mol. The van der Waals surface area contributed by atoms with Crippen LogP contribution in [-0.4, -0.2) is 54.4 Å². The number of piperidine rings is 1. The predicted molar refractivity (Wildman–Crippen MR) is 96.2 cm³/mol. The maximum Gasteiger partial charge on any atom is 0.260 e. The lowest BCUT2D eigenvalue weighted by atomic mass is 10.0. The van der Waals surface area contributed by atoms with Crippen molar-refractivity contribution in [3.8, 4) is 11.5 Å². The number of nitrogens with zero attached hydrogens (tertiary/aromatic N) is 1. The number of nitrogens with one attached hydrogen (secondary N) is 1. The third-order valence-corrected chi connectivity index (χ3v) is 4.25. The first-order valence-corrected chi connectivity index (χ1v) is 9.01.